The van der Waals surface area contributed by atoms with Crippen LogP contribution in [0.4, 0.5) is 13.2 Å². The van der Waals surface area contributed by atoms with Crippen LogP contribution in [0.2, 0.25) is 15.1 Å². The highest BCUT2D eigenvalue weighted by atomic mass is 35.5. The lowest BCUT2D eigenvalue weighted by atomic mass is 9.99. The van der Waals surface area contributed by atoms with Gasteiger partial charge in [0, 0.05) is 36.4 Å². The van der Waals surface area contributed by atoms with Crippen LogP contribution in [-0.2, 0) is 15.8 Å². The minimum atomic E-state index is -4.55. The van der Waals surface area contributed by atoms with Gasteiger partial charge in [0.05, 0.1) is 26.7 Å². The largest absolute Gasteiger partial charge is 0.490 e. The monoisotopic (exact) mass is 586 g/mol. The molecule has 1 N–H and O–H groups in total. The maximum Gasteiger partial charge on any atom is 0.417 e. The zero-order valence-corrected chi connectivity index (χ0v) is 22.0. The Morgan fingerprint density at radius 2 is 1.95 bits per heavy atom. The number of benzene rings is 1. The Morgan fingerprint density at radius 1 is 1.16 bits per heavy atom. The van der Waals surface area contributed by atoms with E-state index in [1.54, 1.807) is 18.2 Å². The van der Waals surface area contributed by atoms with Crippen molar-refractivity contribution in [2.45, 2.75) is 38.4 Å². The van der Waals surface area contributed by atoms with Crippen molar-refractivity contribution in [1.29, 1.82) is 0 Å². The van der Waals surface area contributed by atoms with Gasteiger partial charge in [-0.25, -0.2) is 4.98 Å². The summed E-state index contributed by atoms with van der Waals surface area (Å²) in [7, 11) is 0. The second-order valence-corrected chi connectivity index (χ2v) is 10.3. The number of hydrogen-bond donors (Lipinski definition) is 1. The fourth-order valence-corrected chi connectivity index (χ4v) is 4.96. The number of amides is 1. The molecule has 7 nitrogen and oxygen atoms in total. The molecule has 4 heterocycles. The Morgan fingerprint density at radius 3 is 2.66 bits per heavy atom. The number of fused-ring (bicyclic) bond motifs is 1. The molecule has 5 rings (SSSR count). The third-order valence-corrected chi connectivity index (χ3v) is 7.16. The molecule has 0 aliphatic carbocycles. The summed E-state index contributed by atoms with van der Waals surface area (Å²) in [6.07, 6.45) is 1.24. The number of alkyl halides is 3. The predicted octanol–water partition coefficient (Wildman–Crippen LogP) is 6.77. The van der Waals surface area contributed by atoms with Gasteiger partial charge in [0.15, 0.2) is 11.4 Å². The highest BCUT2D eigenvalue weighted by molar-refractivity contribution is 6.35. The van der Waals surface area contributed by atoms with Crippen molar-refractivity contribution in [3.05, 3.63) is 68.6 Å². The fraction of sp³-hybridized carbons (Fsp3) is 0.320. The highest BCUT2D eigenvalue weighted by Gasteiger charge is 2.32. The first kappa shape index (κ1) is 26.6. The van der Waals surface area contributed by atoms with Gasteiger partial charge in [0.2, 0.25) is 5.91 Å². The van der Waals surface area contributed by atoms with Gasteiger partial charge < -0.3 is 19.3 Å². The zero-order valence-electron chi connectivity index (χ0n) is 19.8. The summed E-state index contributed by atoms with van der Waals surface area (Å²) < 4.78 is 46.6. The Bertz CT molecular complexity index is 1490. The SMILES string of the molecule is CC1CC=C(c2cc(Cl)c(OCC3CCC(=O)N3)cc2Cl)ON=C1c1cn2cc(C(F)(F)F)cc(Cl)c2n1. The van der Waals surface area contributed by atoms with Crippen molar-refractivity contribution in [1.82, 2.24) is 14.7 Å². The average Bonchev–Trinajstić information content (AvgIpc) is 3.42. The molecule has 0 bridgehead atoms. The zero-order chi connectivity index (χ0) is 27.2. The van der Waals surface area contributed by atoms with Crippen molar-refractivity contribution in [3.8, 4) is 5.75 Å². The van der Waals surface area contributed by atoms with Crippen LogP contribution in [0.15, 0.2) is 41.8 Å². The Labute approximate surface area is 230 Å². The lowest BCUT2D eigenvalue weighted by Crippen LogP contribution is -2.30. The Balaban J connectivity index is 1.38. The van der Waals surface area contributed by atoms with E-state index in [9.17, 15) is 18.0 Å². The smallest absolute Gasteiger partial charge is 0.417 e. The third-order valence-electron chi connectivity index (χ3n) is 6.27. The van der Waals surface area contributed by atoms with Crippen molar-refractivity contribution in [2.75, 3.05) is 6.61 Å². The van der Waals surface area contributed by atoms with Crippen molar-refractivity contribution in [3.63, 3.8) is 0 Å². The summed E-state index contributed by atoms with van der Waals surface area (Å²) >= 11 is 19.0. The van der Waals surface area contributed by atoms with E-state index >= 15 is 0 Å². The van der Waals surface area contributed by atoms with Crippen LogP contribution < -0.4 is 10.1 Å². The van der Waals surface area contributed by atoms with Crippen LogP contribution in [0.5, 0.6) is 5.75 Å². The molecule has 1 fully saturated rings. The first-order chi connectivity index (χ1) is 18.0. The minimum Gasteiger partial charge on any atom is -0.490 e. The first-order valence-electron chi connectivity index (χ1n) is 11.6. The number of oxime groups is 1. The number of nitrogens with zero attached hydrogens (tertiary/aromatic N) is 3. The minimum absolute atomic E-state index is 0.0116. The first-order valence-corrected chi connectivity index (χ1v) is 12.8. The van der Waals surface area contributed by atoms with Gasteiger partial charge in [0.1, 0.15) is 23.8 Å². The van der Waals surface area contributed by atoms with Gasteiger partial charge in [-0.05, 0) is 31.1 Å². The molecular formula is C25H20Cl3F3N4O3. The third kappa shape index (κ3) is 5.43. The molecule has 1 aromatic carbocycles. The molecule has 0 spiro atoms. The number of nitrogens with one attached hydrogen (secondary N) is 1. The molecule has 2 aliphatic heterocycles. The van der Waals surface area contributed by atoms with Gasteiger partial charge in [0.25, 0.3) is 0 Å². The van der Waals surface area contributed by atoms with Crippen molar-refractivity contribution in [2.24, 2.45) is 11.1 Å². The Hall–Kier alpha value is -2.95. The molecule has 3 aromatic rings. The van der Waals surface area contributed by atoms with Crippen molar-refractivity contribution >= 4 is 57.8 Å². The molecular weight excluding hydrogens is 568 g/mol. The molecule has 38 heavy (non-hydrogen) atoms. The summed E-state index contributed by atoms with van der Waals surface area (Å²) in [5.41, 5.74) is 0.542. The number of aromatic nitrogens is 2. The fourth-order valence-electron chi connectivity index (χ4n) is 4.24. The van der Waals surface area contributed by atoms with Gasteiger partial charge in [-0.2, -0.15) is 13.2 Å². The lowest BCUT2D eigenvalue weighted by molar-refractivity contribution is -0.137. The summed E-state index contributed by atoms with van der Waals surface area (Å²) in [5.74, 6) is 0.530. The summed E-state index contributed by atoms with van der Waals surface area (Å²) in [5, 5.41) is 7.56. The number of hydrogen-bond acceptors (Lipinski definition) is 5. The van der Waals surface area contributed by atoms with Gasteiger partial charge in [-0.3, -0.25) is 4.79 Å². The van der Waals surface area contributed by atoms with Crippen LogP contribution >= 0.6 is 34.8 Å². The second-order valence-electron chi connectivity index (χ2n) is 9.08. The van der Waals surface area contributed by atoms with E-state index in [4.69, 9.17) is 44.4 Å². The lowest BCUT2D eigenvalue weighted by Gasteiger charge is -2.15. The van der Waals surface area contributed by atoms with Crippen molar-refractivity contribution < 1.29 is 27.5 Å². The molecule has 2 aromatic heterocycles. The van der Waals surface area contributed by atoms with E-state index in [-0.39, 0.29) is 35.1 Å². The highest BCUT2D eigenvalue weighted by Crippen LogP contribution is 2.37. The topological polar surface area (TPSA) is 77.2 Å². The quantitative estimate of drug-likeness (QED) is 0.357. The Kier molecular flexibility index (Phi) is 7.23. The normalized spacial score (nSPS) is 20.0. The number of ether oxygens (including phenoxy) is 1. The predicted molar refractivity (Wildman–Crippen MR) is 138 cm³/mol. The number of imidazole rings is 1. The molecule has 2 aliphatic rings. The molecule has 200 valence electrons. The number of halogens is 6. The van der Waals surface area contributed by atoms with Crippen LogP contribution in [-0.4, -0.2) is 33.7 Å². The number of rotatable bonds is 5. The molecule has 2 atom stereocenters. The maximum absolute atomic E-state index is 13.2. The van der Waals surface area contributed by atoms with Crippen LogP contribution in [0.25, 0.3) is 11.4 Å². The average molecular weight is 588 g/mol. The number of allylic oxidation sites excluding steroid dienone is 1. The summed E-state index contributed by atoms with van der Waals surface area (Å²) in [4.78, 5) is 21.5. The summed E-state index contributed by atoms with van der Waals surface area (Å²) in [6, 6.07) is 3.92. The van der Waals surface area contributed by atoms with E-state index in [0.717, 1.165) is 12.3 Å². The second kappa shape index (κ2) is 10.3. The molecule has 1 amide bonds. The standard InChI is InChI=1S/C25H20Cl3F3N4O3/c1-12-2-4-20(15-7-17(27)21(8-16(15)26)37-11-14-3-5-22(36)32-14)38-34-23(12)19-10-35-9-13(25(29,30)31)6-18(28)24(35)33-19/h4,6-10,12,14H,2-3,5,11H2,1H3,(H,32,36). The number of carbonyl (C=O) groups excluding carboxylic acids is 1. The van der Waals surface area contributed by atoms with E-state index in [0.29, 0.717) is 57.8 Å². The van der Waals surface area contributed by atoms with Gasteiger partial charge in [-0.15, -0.1) is 0 Å². The van der Waals surface area contributed by atoms with E-state index < -0.39 is 11.7 Å². The van der Waals surface area contributed by atoms with Crippen LogP contribution in [0.3, 0.4) is 0 Å². The number of pyridine rings is 1. The molecule has 0 radical (unpaired) electrons. The van der Waals surface area contributed by atoms with Crippen LogP contribution in [0.1, 0.15) is 43.0 Å². The van der Waals surface area contributed by atoms with E-state index in [1.807, 2.05) is 6.92 Å². The van der Waals surface area contributed by atoms with E-state index in [1.165, 1.54) is 10.6 Å². The van der Waals surface area contributed by atoms with Crippen LogP contribution in [0, 0.1) is 5.92 Å². The molecule has 13 heteroatoms. The molecule has 2 unspecified atom stereocenters. The summed E-state index contributed by atoms with van der Waals surface area (Å²) in [6.45, 7) is 2.15. The van der Waals surface area contributed by atoms with E-state index in [2.05, 4.69) is 15.5 Å². The number of carbonyl (C=O) groups is 1. The maximum atomic E-state index is 13.2. The van der Waals surface area contributed by atoms with Gasteiger partial charge >= 0.3 is 6.18 Å². The molecule has 1 saturated heterocycles. The van der Waals surface area contributed by atoms with Gasteiger partial charge in [-0.1, -0.05) is 46.9 Å². The molecule has 0 saturated carbocycles.